The van der Waals surface area contributed by atoms with Gasteiger partial charge in [0.1, 0.15) is 11.6 Å². The molecule has 6 nitrogen and oxygen atoms in total. The van der Waals surface area contributed by atoms with Crippen LogP contribution in [0.4, 0.5) is 8.78 Å². The normalized spacial score (nSPS) is 17.1. The summed E-state index contributed by atoms with van der Waals surface area (Å²) in [6.45, 7) is 0.0126. The second-order valence-corrected chi connectivity index (χ2v) is 8.52. The summed E-state index contributed by atoms with van der Waals surface area (Å²) < 4.78 is 39.1. The highest BCUT2D eigenvalue weighted by atomic mass is 35.5. The number of amides is 2. The number of halogens is 3. The highest BCUT2D eigenvalue weighted by Crippen LogP contribution is 2.46. The Balaban J connectivity index is 1.82. The Bertz CT molecular complexity index is 1300. The van der Waals surface area contributed by atoms with Crippen LogP contribution in [0.2, 0.25) is 5.02 Å². The lowest BCUT2D eigenvalue weighted by Gasteiger charge is -2.40. The number of nitrogens with zero attached hydrogens (tertiary/aromatic N) is 1. The van der Waals surface area contributed by atoms with Gasteiger partial charge in [0.2, 0.25) is 5.91 Å². The number of carbonyl (C=O) groups excluding carboxylic acids is 2. The molecule has 182 valence electrons. The van der Waals surface area contributed by atoms with E-state index in [0.717, 1.165) is 6.07 Å². The maximum atomic E-state index is 14.9. The predicted molar refractivity (Wildman–Crippen MR) is 127 cm³/mol. The molecule has 0 unspecified atom stereocenters. The van der Waals surface area contributed by atoms with Gasteiger partial charge in [0.05, 0.1) is 26.2 Å². The molecule has 0 aromatic heterocycles. The molecule has 1 aliphatic rings. The van der Waals surface area contributed by atoms with Gasteiger partial charge in [-0.05, 0) is 41.5 Å². The molecule has 0 radical (unpaired) electrons. The van der Waals surface area contributed by atoms with E-state index in [1.165, 1.54) is 56.5 Å². The van der Waals surface area contributed by atoms with Crippen LogP contribution in [0.5, 0.6) is 11.5 Å². The molecule has 0 saturated carbocycles. The zero-order valence-electron chi connectivity index (χ0n) is 19.3. The van der Waals surface area contributed by atoms with Crippen LogP contribution in [0.3, 0.4) is 0 Å². The molecule has 1 aliphatic heterocycles. The van der Waals surface area contributed by atoms with Gasteiger partial charge in [-0.25, -0.2) is 8.78 Å². The zero-order chi connectivity index (χ0) is 25.3. The standard InChI is InChI=1S/C26H23ClF2N2O4/c1-31-24(16-6-4-5-7-20(16)29)23(25(32)30-13-14-8-9-15(28)10-19(14)27)17-11-21(34-2)22(35-3)12-18(17)26(31)33/h4-12,23-24H,13H2,1-3H3,(H,30,32)/t23-,24+/m1/s1. The minimum atomic E-state index is -0.983. The Morgan fingerprint density at radius 1 is 1.03 bits per heavy atom. The van der Waals surface area contributed by atoms with Crippen molar-refractivity contribution in [3.05, 3.63) is 93.5 Å². The minimum absolute atomic E-state index is 0.0126. The van der Waals surface area contributed by atoms with E-state index in [4.69, 9.17) is 21.1 Å². The highest BCUT2D eigenvalue weighted by molar-refractivity contribution is 6.31. The number of hydrogen-bond donors (Lipinski definition) is 1. The third kappa shape index (κ3) is 4.53. The molecule has 0 spiro atoms. The van der Waals surface area contributed by atoms with Crippen molar-refractivity contribution in [2.24, 2.45) is 0 Å². The van der Waals surface area contributed by atoms with Gasteiger partial charge in [0.25, 0.3) is 5.91 Å². The number of methoxy groups -OCH3 is 2. The van der Waals surface area contributed by atoms with Crippen LogP contribution in [0.25, 0.3) is 0 Å². The van der Waals surface area contributed by atoms with Crippen molar-refractivity contribution in [3.63, 3.8) is 0 Å². The summed E-state index contributed by atoms with van der Waals surface area (Å²) in [5.74, 6) is -2.22. The fraction of sp³-hybridized carbons (Fsp3) is 0.231. The fourth-order valence-corrected chi connectivity index (χ4v) is 4.63. The first-order valence-corrected chi connectivity index (χ1v) is 11.1. The number of ether oxygens (including phenoxy) is 2. The maximum absolute atomic E-state index is 14.9. The lowest BCUT2D eigenvalue weighted by atomic mass is 9.79. The molecule has 9 heteroatoms. The number of carbonyl (C=O) groups is 2. The molecular formula is C26H23ClF2N2O4. The Kier molecular flexibility index (Phi) is 6.93. The van der Waals surface area contributed by atoms with E-state index >= 15 is 0 Å². The predicted octanol–water partition coefficient (Wildman–Crippen LogP) is 4.86. The Hall–Kier alpha value is -3.65. The van der Waals surface area contributed by atoms with E-state index < -0.39 is 29.5 Å². The van der Waals surface area contributed by atoms with E-state index in [-0.39, 0.29) is 28.6 Å². The largest absolute Gasteiger partial charge is 0.493 e. The summed E-state index contributed by atoms with van der Waals surface area (Å²) in [7, 11) is 4.41. The van der Waals surface area contributed by atoms with Gasteiger partial charge < -0.3 is 19.7 Å². The molecule has 0 bridgehead atoms. The van der Waals surface area contributed by atoms with Crippen LogP contribution in [-0.2, 0) is 11.3 Å². The maximum Gasteiger partial charge on any atom is 0.254 e. The number of fused-ring (bicyclic) bond motifs is 1. The molecule has 35 heavy (non-hydrogen) atoms. The molecule has 0 fully saturated rings. The second-order valence-electron chi connectivity index (χ2n) is 8.11. The van der Waals surface area contributed by atoms with Gasteiger partial charge in [-0.3, -0.25) is 9.59 Å². The SMILES string of the molecule is COc1cc2c(cc1OC)[C@@H](C(=O)NCc1ccc(F)cc1Cl)[C@H](c1ccccc1F)N(C)C2=O. The smallest absolute Gasteiger partial charge is 0.254 e. The molecule has 3 aromatic carbocycles. The van der Waals surface area contributed by atoms with Gasteiger partial charge in [-0.2, -0.15) is 0 Å². The van der Waals surface area contributed by atoms with Gasteiger partial charge in [0.15, 0.2) is 11.5 Å². The van der Waals surface area contributed by atoms with Crippen molar-refractivity contribution in [2.45, 2.75) is 18.5 Å². The van der Waals surface area contributed by atoms with Gasteiger partial charge in [-0.15, -0.1) is 0 Å². The third-order valence-corrected chi connectivity index (χ3v) is 6.50. The lowest BCUT2D eigenvalue weighted by molar-refractivity contribution is -0.124. The molecule has 0 saturated heterocycles. The molecule has 3 aromatic rings. The first-order valence-electron chi connectivity index (χ1n) is 10.8. The van der Waals surface area contributed by atoms with Crippen LogP contribution >= 0.6 is 11.6 Å². The topological polar surface area (TPSA) is 67.9 Å². The molecule has 4 rings (SSSR count). The number of rotatable bonds is 6. The van der Waals surface area contributed by atoms with E-state index in [1.54, 1.807) is 18.2 Å². The first kappa shape index (κ1) is 24.5. The summed E-state index contributed by atoms with van der Waals surface area (Å²) >= 11 is 6.12. The summed E-state index contributed by atoms with van der Waals surface area (Å²) in [5, 5.41) is 2.98. The average Bonchev–Trinajstić information content (AvgIpc) is 2.85. The van der Waals surface area contributed by atoms with Crippen molar-refractivity contribution in [1.29, 1.82) is 0 Å². The molecular weight excluding hydrogens is 478 g/mol. The second kappa shape index (κ2) is 9.92. The van der Waals surface area contributed by atoms with E-state index in [1.807, 2.05) is 0 Å². The molecule has 2 amide bonds. The summed E-state index contributed by atoms with van der Waals surface area (Å²) in [6, 6.07) is 12.1. The monoisotopic (exact) mass is 500 g/mol. The van der Waals surface area contributed by atoms with Crippen molar-refractivity contribution in [1.82, 2.24) is 10.2 Å². The zero-order valence-corrected chi connectivity index (χ0v) is 20.0. The molecule has 2 atom stereocenters. The van der Waals surface area contributed by atoms with Crippen molar-refractivity contribution in [3.8, 4) is 11.5 Å². The van der Waals surface area contributed by atoms with Crippen LogP contribution in [0.15, 0.2) is 54.6 Å². The van der Waals surface area contributed by atoms with E-state index in [0.29, 0.717) is 22.6 Å². The van der Waals surface area contributed by atoms with Crippen LogP contribution in [-0.4, -0.2) is 38.0 Å². The summed E-state index contributed by atoms with van der Waals surface area (Å²) in [6.07, 6.45) is 0. The van der Waals surface area contributed by atoms with E-state index in [9.17, 15) is 18.4 Å². The number of likely N-dealkylation sites (N-methyl/N-ethyl adjacent to an activating group) is 1. The Morgan fingerprint density at radius 3 is 2.37 bits per heavy atom. The lowest BCUT2D eigenvalue weighted by Crippen LogP contribution is -2.45. The quantitative estimate of drug-likeness (QED) is 0.525. The minimum Gasteiger partial charge on any atom is -0.493 e. The van der Waals surface area contributed by atoms with Crippen molar-refractivity contribution < 1.29 is 27.8 Å². The van der Waals surface area contributed by atoms with E-state index in [2.05, 4.69) is 5.32 Å². The van der Waals surface area contributed by atoms with Gasteiger partial charge in [-0.1, -0.05) is 35.9 Å². The highest BCUT2D eigenvalue weighted by Gasteiger charge is 2.44. The van der Waals surface area contributed by atoms with Gasteiger partial charge in [0, 0.05) is 29.7 Å². The summed E-state index contributed by atoms with van der Waals surface area (Å²) in [4.78, 5) is 28.3. The first-order chi connectivity index (χ1) is 16.8. The van der Waals surface area contributed by atoms with Crippen LogP contribution in [0, 0.1) is 11.6 Å². The van der Waals surface area contributed by atoms with Crippen LogP contribution < -0.4 is 14.8 Å². The third-order valence-electron chi connectivity index (χ3n) is 6.15. The molecule has 1 N–H and O–H groups in total. The Morgan fingerprint density at radius 2 is 1.71 bits per heavy atom. The Labute approximate surface area is 206 Å². The van der Waals surface area contributed by atoms with Gasteiger partial charge >= 0.3 is 0 Å². The summed E-state index contributed by atoms with van der Waals surface area (Å²) in [5.41, 5.74) is 1.33. The fourth-order valence-electron chi connectivity index (χ4n) is 4.39. The van der Waals surface area contributed by atoms with Crippen molar-refractivity contribution >= 4 is 23.4 Å². The van der Waals surface area contributed by atoms with Crippen molar-refractivity contribution in [2.75, 3.05) is 21.3 Å². The number of nitrogens with one attached hydrogen (secondary N) is 1. The number of hydrogen-bond acceptors (Lipinski definition) is 4. The number of benzene rings is 3. The van der Waals surface area contributed by atoms with Crippen LogP contribution in [0.1, 0.15) is 39.0 Å². The molecule has 1 heterocycles. The molecule has 0 aliphatic carbocycles. The average molecular weight is 501 g/mol.